The van der Waals surface area contributed by atoms with Crippen LogP contribution >= 0.6 is 0 Å². The topological polar surface area (TPSA) is 105 Å². The maximum Gasteiger partial charge on any atom is 0.416 e. The summed E-state index contributed by atoms with van der Waals surface area (Å²) < 4.78 is 43.2. The van der Waals surface area contributed by atoms with E-state index in [2.05, 4.69) is 4.98 Å². The quantitative estimate of drug-likeness (QED) is 0.473. The average Bonchev–Trinajstić information content (AvgIpc) is 2.99. The Labute approximate surface area is 155 Å². The standard InChI is InChI=1S/C18H13F3N2O5/c19-18(20,21)11-3-1-10(2-4-11)8-28-9-14-13-7-12(23(26)27)5-6-15(13)22-16(14)17(24)25/h1-7,22H,8-9H2,(H,24,25). The zero-order valence-electron chi connectivity index (χ0n) is 14.1. The second kappa shape index (κ2) is 7.31. The van der Waals surface area contributed by atoms with Crippen LogP contribution in [0.15, 0.2) is 42.5 Å². The summed E-state index contributed by atoms with van der Waals surface area (Å²) in [6.45, 7) is -0.247. The van der Waals surface area contributed by atoms with Gasteiger partial charge >= 0.3 is 12.1 Å². The molecular weight excluding hydrogens is 381 g/mol. The fourth-order valence-electron chi connectivity index (χ4n) is 2.74. The van der Waals surface area contributed by atoms with Gasteiger partial charge in [-0.15, -0.1) is 0 Å². The number of aromatic nitrogens is 1. The highest BCUT2D eigenvalue weighted by Crippen LogP contribution is 2.30. The van der Waals surface area contributed by atoms with Crippen molar-refractivity contribution in [1.82, 2.24) is 4.98 Å². The molecule has 3 rings (SSSR count). The number of benzene rings is 2. The summed E-state index contributed by atoms with van der Waals surface area (Å²) in [5.41, 5.74) is -0.0614. The van der Waals surface area contributed by atoms with E-state index in [1.807, 2.05) is 0 Å². The maximum absolute atomic E-state index is 12.6. The number of carboxylic acids is 1. The van der Waals surface area contributed by atoms with Gasteiger partial charge in [-0.05, 0) is 23.8 Å². The molecule has 10 heteroatoms. The molecule has 7 nitrogen and oxygen atoms in total. The molecule has 0 bridgehead atoms. The number of H-pyrrole nitrogens is 1. The van der Waals surface area contributed by atoms with Crippen LogP contribution in [0, 0.1) is 10.1 Å². The Morgan fingerprint density at radius 2 is 1.82 bits per heavy atom. The van der Waals surface area contributed by atoms with Crippen LogP contribution in [0.4, 0.5) is 18.9 Å². The summed E-state index contributed by atoms with van der Waals surface area (Å²) in [5.74, 6) is -1.26. The van der Waals surface area contributed by atoms with E-state index < -0.39 is 22.6 Å². The smallest absolute Gasteiger partial charge is 0.416 e. The first-order chi connectivity index (χ1) is 13.2. The number of carbonyl (C=O) groups is 1. The molecular formula is C18H13F3N2O5. The number of carboxylic acid groups (broad SMARTS) is 1. The second-order valence-corrected chi connectivity index (χ2v) is 5.96. The van der Waals surface area contributed by atoms with Crippen molar-refractivity contribution in [3.63, 3.8) is 0 Å². The van der Waals surface area contributed by atoms with Crippen molar-refractivity contribution < 1.29 is 32.7 Å². The molecule has 2 aromatic carbocycles. The molecule has 3 aromatic rings. The van der Waals surface area contributed by atoms with Crippen LogP contribution in [0.1, 0.15) is 27.2 Å². The summed E-state index contributed by atoms with van der Waals surface area (Å²) in [6.07, 6.45) is -4.44. The molecule has 2 N–H and O–H groups in total. The fourth-order valence-corrected chi connectivity index (χ4v) is 2.74. The molecule has 0 radical (unpaired) electrons. The van der Waals surface area contributed by atoms with E-state index in [1.165, 1.54) is 30.3 Å². The highest BCUT2D eigenvalue weighted by molar-refractivity contribution is 5.98. The number of nitrogens with one attached hydrogen (secondary N) is 1. The molecule has 0 fully saturated rings. The van der Waals surface area contributed by atoms with Gasteiger partial charge in [-0.3, -0.25) is 10.1 Å². The molecule has 0 saturated heterocycles. The third kappa shape index (κ3) is 3.96. The molecule has 146 valence electrons. The summed E-state index contributed by atoms with van der Waals surface area (Å²) in [5, 5.41) is 20.6. The van der Waals surface area contributed by atoms with Gasteiger partial charge in [0.15, 0.2) is 0 Å². The van der Waals surface area contributed by atoms with E-state index in [0.717, 1.165) is 12.1 Å². The van der Waals surface area contributed by atoms with Crippen LogP contribution < -0.4 is 0 Å². The Morgan fingerprint density at radius 1 is 1.14 bits per heavy atom. The third-order valence-corrected chi connectivity index (χ3v) is 4.11. The predicted octanol–water partition coefficient (Wildman–Crippen LogP) is 4.51. The minimum absolute atomic E-state index is 0.0567. The summed E-state index contributed by atoms with van der Waals surface area (Å²) in [4.78, 5) is 24.5. The average molecular weight is 394 g/mol. The Hall–Kier alpha value is -3.40. The van der Waals surface area contributed by atoms with E-state index in [4.69, 9.17) is 4.74 Å². The number of nitrogens with zero attached hydrogens (tertiary/aromatic N) is 1. The molecule has 0 aliphatic carbocycles. The van der Waals surface area contributed by atoms with Gasteiger partial charge in [-0.25, -0.2) is 4.79 Å². The molecule has 0 atom stereocenters. The van der Waals surface area contributed by atoms with E-state index >= 15 is 0 Å². The number of nitro benzene ring substituents is 1. The number of aromatic amines is 1. The Balaban J connectivity index is 1.81. The minimum atomic E-state index is -4.44. The van der Waals surface area contributed by atoms with E-state index in [9.17, 15) is 33.2 Å². The highest BCUT2D eigenvalue weighted by atomic mass is 19.4. The largest absolute Gasteiger partial charge is 0.477 e. The first-order valence-electron chi connectivity index (χ1n) is 7.93. The van der Waals surface area contributed by atoms with Crippen LogP contribution in [0.25, 0.3) is 10.9 Å². The van der Waals surface area contributed by atoms with Crippen molar-refractivity contribution in [3.05, 3.63) is 75.0 Å². The van der Waals surface area contributed by atoms with E-state index in [0.29, 0.717) is 16.5 Å². The van der Waals surface area contributed by atoms with Gasteiger partial charge in [0.2, 0.25) is 0 Å². The number of hydrogen-bond donors (Lipinski definition) is 2. The number of hydrogen-bond acceptors (Lipinski definition) is 4. The number of halogens is 3. The SMILES string of the molecule is O=C(O)c1[nH]c2ccc([N+](=O)[O-])cc2c1COCc1ccc(C(F)(F)F)cc1. The zero-order valence-corrected chi connectivity index (χ0v) is 14.1. The number of nitro groups is 1. The summed E-state index contributed by atoms with van der Waals surface area (Å²) in [6, 6.07) is 8.28. The van der Waals surface area contributed by atoms with Crippen molar-refractivity contribution in [2.45, 2.75) is 19.4 Å². The molecule has 0 saturated carbocycles. The second-order valence-electron chi connectivity index (χ2n) is 5.96. The normalized spacial score (nSPS) is 11.7. The van der Waals surface area contributed by atoms with Crippen molar-refractivity contribution in [2.24, 2.45) is 0 Å². The van der Waals surface area contributed by atoms with Gasteiger partial charge in [0.1, 0.15) is 5.69 Å². The number of ether oxygens (including phenoxy) is 1. The summed E-state index contributed by atoms with van der Waals surface area (Å²) >= 11 is 0. The van der Waals surface area contributed by atoms with E-state index in [1.54, 1.807) is 0 Å². The van der Waals surface area contributed by atoms with Crippen LogP contribution in [-0.2, 0) is 24.1 Å². The lowest BCUT2D eigenvalue weighted by molar-refractivity contribution is -0.384. The molecule has 1 aromatic heterocycles. The Morgan fingerprint density at radius 3 is 2.39 bits per heavy atom. The summed E-state index contributed by atoms with van der Waals surface area (Å²) in [7, 11) is 0. The van der Waals surface area contributed by atoms with Gasteiger partial charge in [0.05, 0.1) is 23.7 Å². The highest BCUT2D eigenvalue weighted by Gasteiger charge is 2.29. The molecule has 0 aliphatic heterocycles. The lowest BCUT2D eigenvalue weighted by Crippen LogP contribution is -2.05. The lowest BCUT2D eigenvalue weighted by atomic mass is 10.1. The Bertz CT molecular complexity index is 1040. The number of fused-ring (bicyclic) bond motifs is 1. The molecule has 0 amide bonds. The molecule has 1 heterocycles. The predicted molar refractivity (Wildman–Crippen MR) is 91.8 cm³/mol. The van der Waals surface area contributed by atoms with Gasteiger partial charge in [0.25, 0.3) is 5.69 Å². The van der Waals surface area contributed by atoms with Crippen LogP contribution in [-0.4, -0.2) is 21.0 Å². The van der Waals surface area contributed by atoms with Crippen LogP contribution in [0.3, 0.4) is 0 Å². The zero-order chi connectivity index (χ0) is 20.5. The lowest BCUT2D eigenvalue weighted by Gasteiger charge is -2.08. The van der Waals surface area contributed by atoms with Gasteiger partial charge in [-0.1, -0.05) is 12.1 Å². The van der Waals surface area contributed by atoms with Gasteiger partial charge in [-0.2, -0.15) is 13.2 Å². The maximum atomic E-state index is 12.6. The minimum Gasteiger partial charge on any atom is -0.477 e. The van der Waals surface area contributed by atoms with Crippen molar-refractivity contribution in [3.8, 4) is 0 Å². The van der Waals surface area contributed by atoms with Gasteiger partial charge in [0, 0.05) is 28.6 Å². The Kier molecular flexibility index (Phi) is 5.06. The number of non-ortho nitro benzene ring substituents is 1. The van der Waals surface area contributed by atoms with Crippen LogP contribution in [0.2, 0.25) is 0 Å². The molecule has 0 unspecified atom stereocenters. The molecule has 28 heavy (non-hydrogen) atoms. The van der Waals surface area contributed by atoms with Crippen molar-refractivity contribution >= 4 is 22.6 Å². The fraction of sp³-hybridized carbons (Fsp3) is 0.167. The third-order valence-electron chi connectivity index (χ3n) is 4.11. The number of aromatic carboxylic acids is 1. The van der Waals surface area contributed by atoms with Crippen LogP contribution in [0.5, 0.6) is 0 Å². The number of rotatable bonds is 6. The molecule has 0 aliphatic rings. The van der Waals surface area contributed by atoms with Crippen molar-refractivity contribution in [1.29, 1.82) is 0 Å². The van der Waals surface area contributed by atoms with Crippen molar-refractivity contribution in [2.75, 3.05) is 0 Å². The monoisotopic (exact) mass is 394 g/mol. The first kappa shape index (κ1) is 19.4. The molecule has 0 spiro atoms. The number of alkyl halides is 3. The van der Waals surface area contributed by atoms with E-state index in [-0.39, 0.29) is 30.2 Å². The van der Waals surface area contributed by atoms with Gasteiger partial charge < -0.3 is 14.8 Å². The first-order valence-corrected chi connectivity index (χ1v) is 7.93.